The first kappa shape index (κ1) is 14.4. The molecule has 2 N–H and O–H groups in total. The summed E-state index contributed by atoms with van der Waals surface area (Å²) in [6.45, 7) is 7.10. The number of hydrogen-bond donors (Lipinski definition) is 2. The molecule has 0 heterocycles. The van der Waals surface area contributed by atoms with Crippen LogP contribution in [0.25, 0.3) is 0 Å². The monoisotopic (exact) mass is 266 g/mol. The minimum absolute atomic E-state index is 0.0122. The smallest absolute Gasteiger partial charge is 0.173 e. The summed E-state index contributed by atoms with van der Waals surface area (Å²) in [5.41, 5.74) is 0.997. The van der Waals surface area contributed by atoms with Crippen LogP contribution in [-0.4, -0.2) is 34.0 Å². The number of aromatic hydroxyl groups is 1. The topological polar surface area (TPSA) is 52.6 Å². The predicted octanol–water partition coefficient (Wildman–Crippen LogP) is 2.63. The third-order valence-corrected chi connectivity index (χ3v) is 3.04. The molecule has 0 aromatic heterocycles. The van der Waals surface area contributed by atoms with Gasteiger partial charge < -0.3 is 15.3 Å². The molecule has 0 saturated heterocycles. The lowest BCUT2D eigenvalue weighted by atomic mass is 10.1. The number of ketones is 1. The highest BCUT2D eigenvalue weighted by Crippen LogP contribution is 2.22. The molecule has 5 heteroatoms. The molecule has 0 spiro atoms. The van der Waals surface area contributed by atoms with E-state index in [2.05, 4.69) is 5.32 Å². The molecule has 1 aromatic carbocycles. The second kappa shape index (κ2) is 6.35. The standard InChI is InChI=1S/C13H18N2O2S/c1-4-15(5-2)13(18)14-10-6-7-12(17)11(8-10)9(3)16/h6-8,17H,4-5H2,1-3H3,(H,14,18). The Labute approximate surface area is 113 Å². The fraction of sp³-hybridized carbons (Fsp3) is 0.385. The Morgan fingerprint density at radius 1 is 1.39 bits per heavy atom. The van der Waals surface area contributed by atoms with Gasteiger partial charge in [0.1, 0.15) is 5.75 Å². The zero-order chi connectivity index (χ0) is 13.7. The number of nitrogens with one attached hydrogen (secondary N) is 1. The normalized spacial score (nSPS) is 9.94. The summed E-state index contributed by atoms with van der Waals surface area (Å²) < 4.78 is 0. The number of carbonyl (C=O) groups excluding carboxylic acids is 1. The van der Waals surface area contributed by atoms with Crippen molar-refractivity contribution >= 4 is 28.8 Å². The van der Waals surface area contributed by atoms with Crippen molar-refractivity contribution in [3.8, 4) is 5.75 Å². The van der Waals surface area contributed by atoms with Crippen LogP contribution in [0, 0.1) is 0 Å². The van der Waals surface area contributed by atoms with Gasteiger partial charge in [-0.15, -0.1) is 0 Å². The van der Waals surface area contributed by atoms with Gasteiger partial charge in [-0.1, -0.05) is 0 Å². The summed E-state index contributed by atoms with van der Waals surface area (Å²) in [5.74, 6) is -0.188. The summed E-state index contributed by atoms with van der Waals surface area (Å²) in [4.78, 5) is 13.3. The molecule has 0 aliphatic rings. The van der Waals surface area contributed by atoms with Crippen LogP contribution < -0.4 is 5.32 Å². The lowest BCUT2D eigenvalue weighted by molar-refractivity contribution is 0.101. The maximum Gasteiger partial charge on any atom is 0.173 e. The second-order valence-corrected chi connectivity index (χ2v) is 4.28. The lowest BCUT2D eigenvalue weighted by Gasteiger charge is -2.22. The molecular formula is C13H18N2O2S. The van der Waals surface area contributed by atoms with Gasteiger partial charge in [0.15, 0.2) is 10.9 Å². The molecule has 0 radical (unpaired) electrons. The van der Waals surface area contributed by atoms with Gasteiger partial charge in [0, 0.05) is 18.8 Å². The van der Waals surface area contributed by atoms with E-state index in [-0.39, 0.29) is 11.5 Å². The Morgan fingerprint density at radius 2 is 2.00 bits per heavy atom. The molecule has 0 aliphatic carbocycles. The summed E-state index contributed by atoms with van der Waals surface area (Å²) in [6, 6.07) is 4.79. The molecule has 0 amide bonds. The molecule has 18 heavy (non-hydrogen) atoms. The molecule has 0 bridgehead atoms. The average molecular weight is 266 g/mol. The number of rotatable bonds is 4. The number of phenols is 1. The summed E-state index contributed by atoms with van der Waals surface area (Å²) in [6.07, 6.45) is 0. The van der Waals surface area contributed by atoms with E-state index >= 15 is 0 Å². The highest BCUT2D eigenvalue weighted by Gasteiger charge is 2.10. The van der Waals surface area contributed by atoms with Gasteiger partial charge >= 0.3 is 0 Å². The van der Waals surface area contributed by atoms with Gasteiger partial charge in [-0.3, -0.25) is 4.79 Å². The maximum absolute atomic E-state index is 11.3. The Bertz CT molecular complexity index is 456. The predicted molar refractivity (Wildman–Crippen MR) is 77.3 cm³/mol. The number of phenolic OH excluding ortho intramolecular Hbond substituents is 1. The fourth-order valence-electron chi connectivity index (χ4n) is 1.61. The van der Waals surface area contributed by atoms with Crippen LogP contribution in [-0.2, 0) is 0 Å². The summed E-state index contributed by atoms with van der Waals surface area (Å²) in [7, 11) is 0. The van der Waals surface area contributed by atoms with Crippen LogP contribution in [0.1, 0.15) is 31.1 Å². The number of Topliss-reactive ketones (excluding diaryl/α,β-unsaturated/α-hetero) is 1. The summed E-state index contributed by atoms with van der Waals surface area (Å²) in [5, 5.41) is 13.2. The Balaban J connectivity index is 2.89. The first-order valence-corrected chi connectivity index (χ1v) is 6.30. The molecule has 0 aliphatic heterocycles. The van der Waals surface area contributed by atoms with Gasteiger partial charge in [-0.2, -0.15) is 0 Å². The van der Waals surface area contributed by atoms with Crippen molar-refractivity contribution in [3.63, 3.8) is 0 Å². The Kier molecular flexibility index (Phi) is 5.09. The first-order chi connectivity index (χ1) is 8.49. The van der Waals surface area contributed by atoms with Crippen molar-refractivity contribution in [2.45, 2.75) is 20.8 Å². The van der Waals surface area contributed by atoms with Crippen molar-refractivity contribution < 1.29 is 9.90 Å². The molecule has 1 aromatic rings. The second-order valence-electron chi connectivity index (χ2n) is 3.89. The van der Waals surface area contributed by atoms with Crippen LogP contribution in [0.4, 0.5) is 5.69 Å². The summed E-state index contributed by atoms with van der Waals surface area (Å²) >= 11 is 5.26. The molecule has 0 atom stereocenters. The number of hydrogen-bond acceptors (Lipinski definition) is 3. The SMILES string of the molecule is CCN(CC)C(=S)Nc1ccc(O)c(C(C)=O)c1. The molecule has 0 fully saturated rings. The van der Waals surface area contributed by atoms with E-state index in [4.69, 9.17) is 12.2 Å². The maximum atomic E-state index is 11.3. The molecule has 4 nitrogen and oxygen atoms in total. The fourth-order valence-corrected chi connectivity index (χ4v) is 1.99. The van der Waals surface area contributed by atoms with Crippen molar-refractivity contribution in [2.75, 3.05) is 18.4 Å². The van der Waals surface area contributed by atoms with E-state index in [1.807, 2.05) is 18.7 Å². The number of anilines is 1. The number of thiocarbonyl (C=S) groups is 1. The zero-order valence-electron chi connectivity index (χ0n) is 10.9. The van der Waals surface area contributed by atoms with Crippen LogP contribution in [0.15, 0.2) is 18.2 Å². The molecular weight excluding hydrogens is 248 g/mol. The van der Waals surface area contributed by atoms with Crippen molar-refractivity contribution in [1.29, 1.82) is 0 Å². The van der Waals surface area contributed by atoms with Gasteiger partial charge in [0.25, 0.3) is 0 Å². The van der Waals surface area contributed by atoms with Crippen molar-refractivity contribution in [1.82, 2.24) is 4.90 Å². The highest BCUT2D eigenvalue weighted by molar-refractivity contribution is 7.80. The number of nitrogens with zero attached hydrogens (tertiary/aromatic N) is 1. The molecule has 98 valence electrons. The number of benzene rings is 1. The van der Waals surface area contributed by atoms with E-state index in [0.29, 0.717) is 16.4 Å². The quantitative estimate of drug-likeness (QED) is 0.498. The van der Waals surface area contributed by atoms with E-state index in [0.717, 1.165) is 13.1 Å². The van der Waals surface area contributed by atoms with Gasteiger partial charge in [0.2, 0.25) is 0 Å². The molecule has 0 unspecified atom stereocenters. The van der Waals surface area contributed by atoms with Crippen LogP contribution in [0.3, 0.4) is 0 Å². The van der Waals surface area contributed by atoms with E-state index in [9.17, 15) is 9.90 Å². The average Bonchev–Trinajstić information content (AvgIpc) is 2.32. The minimum Gasteiger partial charge on any atom is -0.507 e. The van der Waals surface area contributed by atoms with Crippen LogP contribution >= 0.6 is 12.2 Å². The van der Waals surface area contributed by atoms with Gasteiger partial charge in [0.05, 0.1) is 5.56 Å². The van der Waals surface area contributed by atoms with E-state index in [1.165, 1.54) is 13.0 Å². The Morgan fingerprint density at radius 3 is 2.50 bits per heavy atom. The molecule has 1 rings (SSSR count). The first-order valence-electron chi connectivity index (χ1n) is 5.89. The molecule has 0 saturated carbocycles. The van der Waals surface area contributed by atoms with Crippen molar-refractivity contribution in [2.24, 2.45) is 0 Å². The van der Waals surface area contributed by atoms with E-state index in [1.54, 1.807) is 12.1 Å². The highest BCUT2D eigenvalue weighted by atomic mass is 32.1. The van der Waals surface area contributed by atoms with E-state index < -0.39 is 0 Å². The minimum atomic E-state index is -0.176. The van der Waals surface area contributed by atoms with Gasteiger partial charge in [-0.25, -0.2) is 0 Å². The van der Waals surface area contributed by atoms with Crippen LogP contribution in [0.2, 0.25) is 0 Å². The lowest BCUT2D eigenvalue weighted by Crippen LogP contribution is -2.34. The third kappa shape index (κ3) is 3.43. The number of carbonyl (C=O) groups is 1. The largest absolute Gasteiger partial charge is 0.507 e. The van der Waals surface area contributed by atoms with Crippen molar-refractivity contribution in [3.05, 3.63) is 23.8 Å². The Hall–Kier alpha value is -1.62. The zero-order valence-corrected chi connectivity index (χ0v) is 11.7. The third-order valence-electron chi connectivity index (χ3n) is 2.68. The van der Waals surface area contributed by atoms with Gasteiger partial charge in [-0.05, 0) is 51.2 Å². The van der Waals surface area contributed by atoms with Crippen LogP contribution in [0.5, 0.6) is 5.75 Å².